The quantitative estimate of drug-likeness (QED) is 0.546. The Labute approximate surface area is 159 Å². The number of H-pyrrole nitrogens is 1. The highest BCUT2D eigenvalue weighted by atomic mass is 32.1. The van der Waals surface area contributed by atoms with Crippen molar-refractivity contribution < 1.29 is 9.53 Å². The Morgan fingerprint density at radius 3 is 2.77 bits per heavy atom. The number of carbonyl (C=O) groups excluding carboxylic acids is 1. The Morgan fingerprint density at radius 2 is 2.08 bits per heavy atom. The molecule has 140 valence electrons. The minimum Gasteiger partial charge on any atom is -0.497 e. The molecule has 0 aliphatic heterocycles. The monoisotopic (exact) mass is 374 g/mol. The van der Waals surface area contributed by atoms with Crippen LogP contribution in [0.1, 0.15) is 38.5 Å². The van der Waals surface area contributed by atoms with Crippen LogP contribution in [0.4, 0.5) is 0 Å². The van der Waals surface area contributed by atoms with Gasteiger partial charge >= 0.3 is 0 Å². The van der Waals surface area contributed by atoms with Crippen LogP contribution in [0.5, 0.6) is 5.75 Å². The van der Waals surface area contributed by atoms with Crippen molar-refractivity contribution in [1.29, 1.82) is 0 Å². The third kappa shape index (κ3) is 4.72. The van der Waals surface area contributed by atoms with Crippen molar-refractivity contribution in [2.24, 2.45) is 5.92 Å². The van der Waals surface area contributed by atoms with E-state index in [1.807, 2.05) is 24.3 Å². The summed E-state index contributed by atoms with van der Waals surface area (Å²) in [6, 6.07) is 7.53. The summed E-state index contributed by atoms with van der Waals surface area (Å²) in [5, 5.41) is 10.0. The number of hydrogen-bond donors (Lipinski definition) is 2. The van der Waals surface area contributed by atoms with Gasteiger partial charge in [-0.1, -0.05) is 25.7 Å². The van der Waals surface area contributed by atoms with Crippen molar-refractivity contribution >= 4 is 18.1 Å². The number of nitrogens with one attached hydrogen (secondary N) is 2. The number of hydrogen-bond acceptors (Lipinski definition) is 4. The summed E-state index contributed by atoms with van der Waals surface area (Å²) in [7, 11) is 1.63. The first-order valence-corrected chi connectivity index (χ1v) is 9.64. The molecule has 1 saturated carbocycles. The lowest BCUT2D eigenvalue weighted by Gasteiger charge is -2.10. The van der Waals surface area contributed by atoms with E-state index in [4.69, 9.17) is 17.0 Å². The van der Waals surface area contributed by atoms with Gasteiger partial charge in [-0.05, 0) is 55.2 Å². The largest absolute Gasteiger partial charge is 0.497 e. The predicted octanol–water partition coefficient (Wildman–Crippen LogP) is 3.70. The zero-order valence-corrected chi connectivity index (χ0v) is 16.0. The molecule has 1 aliphatic carbocycles. The van der Waals surface area contributed by atoms with E-state index >= 15 is 0 Å². The summed E-state index contributed by atoms with van der Waals surface area (Å²) in [6.45, 7) is 0.887. The van der Waals surface area contributed by atoms with Gasteiger partial charge in [0.25, 0.3) is 0 Å². The SMILES string of the molecule is COc1ccc(-c2n[nH]c(=S)n2CC(=O)NCCCC2CCCC2)cc1. The van der Waals surface area contributed by atoms with Crippen LogP contribution in [0, 0.1) is 10.7 Å². The molecule has 1 fully saturated rings. The standard InChI is InChI=1S/C19H26N4O2S/c1-25-16-10-8-15(9-11-16)18-21-22-19(26)23(18)13-17(24)20-12-4-7-14-5-2-3-6-14/h8-11,14H,2-7,12-13H2,1H3,(H,20,24)(H,22,26). The fourth-order valence-corrected chi connectivity index (χ4v) is 3.74. The summed E-state index contributed by atoms with van der Waals surface area (Å²) in [4.78, 5) is 12.3. The summed E-state index contributed by atoms with van der Waals surface area (Å²) in [5.41, 5.74) is 0.882. The van der Waals surface area contributed by atoms with E-state index in [9.17, 15) is 4.79 Å². The molecule has 0 unspecified atom stereocenters. The van der Waals surface area contributed by atoms with E-state index in [0.717, 1.165) is 30.2 Å². The van der Waals surface area contributed by atoms with Crippen LogP contribution in [-0.4, -0.2) is 34.3 Å². The first kappa shape index (κ1) is 18.6. The molecule has 1 aliphatic rings. The fourth-order valence-electron chi connectivity index (χ4n) is 3.54. The average Bonchev–Trinajstić information content (AvgIpc) is 3.30. The second kappa shape index (κ2) is 8.98. The Morgan fingerprint density at radius 1 is 1.35 bits per heavy atom. The minimum atomic E-state index is -0.0383. The lowest BCUT2D eigenvalue weighted by molar-refractivity contribution is -0.121. The van der Waals surface area contributed by atoms with Crippen molar-refractivity contribution in [1.82, 2.24) is 20.1 Å². The molecule has 0 radical (unpaired) electrons. The molecular formula is C19H26N4O2S. The first-order valence-electron chi connectivity index (χ1n) is 9.23. The molecule has 3 rings (SSSR count). The van der Waals surface area contributed by atoms with E-state index in [-0.39, 0.29) is 12.5 Å². The summed E-state index contributed by atoms with van der Waals surface area (Å²) >= 11 is 5.29. The van der Waals surface area contributed by atoms with Crippen LogP contribution < -0.4 is 10.1 Å². The molecule has 7 heteroatoms. The van der Waals surface area contributed by atoms with Gasteiger partial charge in [0.2, 0.25) is 5.91 Å². The number of methoxy groups -OCH3 is 1. The molecule has 1 aromatic carbocycles. The normalized spacial score (nSPS) is 14.5. The Hall–Kier alpha value is -2.15. The van der Waals surface area contributed by atoms with E-state index in [0.29, 0.717) is 10.6 Å². The molecule has 0 saturated heterocycles. The number of ether oxygens (including phenoxy) is 1. The number of rotatable bonds is 8. The Kier molecular flexibility index (Phi) is 6.44. The fraction of sp³-hybridized carbons (Fsp3) is 0.526. The topological polar surface area (TPSA) is 71.9 Å². The molecule has 0 spiro atoms. The number of aromatic amines is 1. The number of carbonyl (C=O) groups is 1. The molecule has 0 bridgehead atoms. The third-order valence-corrected chi connectivity index (χ3v) is 5.31. The lowest BCUT2D eigenvalue weighted by atomic mass is 10.0. The molecule has 2 N–H and O–H groups in total. The second-order valence-corrected chi connectivity index (χ2v) is 7.20. The van der Waals surface area contributed by atoms with Gasteiger partial charge in [-0.15, -0.1) is 0 Å². The second-order valence-electron chi connectivity index (χ2n) is 6.81. The van der Waals surface area contributed by atoms with Crippen LogP contribution in [0.15, 0.2) is 24.3 Å². The van der Waals surface area contributed by atoms with Crippen molar-refractivity contribution in [3.63, 3.8) is 0 Å². The van der Waals surface area contributed by atoms with Gasteiger partial charge in [-0.3, -0.25) is 14.5 Å². The molecule has 1 amide bonds. The van der Waals surface area contributed by atoms with Gasteiger partial charge < -0.3 is 10.1 Å². The highest BCUT2D eigenvalue weighted by molar-refractivity contribution is 7.71. The molecule has 1 heterocycles. The van der Waals surface area contributed by atoms with Gasteiger partial charge in [0.15, 0.2) is 10.6 Å². The third-order valence-electron chi connectivity index (χ3n) is 4.99. The van der Waals surface area contributed by atoms with E-state index < -0.39 is 0 Å². The predicted molar refractivity (Wildman–Crippen MR) is 104 cm³/mol. The maximum Gasteiger partial charge on any atom is 0.240 e. The minimum absolute atomic E-state index is 0.0383. The van der Waals surface area contributed by atoms with Crippen LogP contribution in [-0.2, 0) is 11.3 Å². The first-order chi connectivity index (χ1) is 12.7. The van der Waals surface area contributed by atoms with Gasteiger partial charge in [-0.25, -0.2) is 0 Å². The van der Waals surface area contributed by atoms with Crippen LogP contribution in [0.3, 0.4) is 0 Å². The van der Waals surface area contributed by atoms with Gasteiger partial charge in [0.1, 0.15) is 12.3 Å². The number of benzene rings is 1. The van der Waals surface area contributed by atoms with Gasteiger partial charge in [0, 0.05) is 12.1 Å². The Bertz CT molecular complexity index is 776. The molecule has 0 atom stereocenters. The highest BCUT2D eigenvalue weighted by Gasteiger charge is 2.15. The number of aromatic nitrogens is 3. The Balaban J connectivity index is 1.55. The molecular weight excluding hydrogens is 348 g/mol. The number of amides is 1. The van der Waals surface area contributed by atoms with Gasteiger partial charge in [0.05, 0.1) is 7.11 Å². The van der Waals surface area contributed by atoms with Gasteiger partial charge in [-0.2, -0.15) is 5.10 Å². The van der Waals surface area contributed by atoms with Crippen LogP contribution >= 0.6 is 12.2 Å². The summed E-state index contributed by atoms with van der Waals surface area (Å²) < 4.78 is 7.34. The zero-order chi connectivity index (χ0) is 18.4. The maximum absolute atomic E-state index is 12.3. The highest BCUT2D eigenvalue weighted by Crippen LogP contribution is 2.28. The van der Waals surface area contributed by atoms with Crippen molar-refractivity contribution in [2.45, 2.75) is 45.1 Å². The molecule has 26 heavy (non-hydrogen) atoms. The van der Waals surface area contributed by atoms with Crippen molar-refractivity contribution in [3.8, 4) is 17.1 Å². The maximum atomic E-state index is 12.3. The van der Waals surface area contributed by atoms with E-state index in [1.54, 1.807) is 11.7 Å². The average molecular weight is 375 g/mol. The smallest absolute Gasteiger partial charge is 0.240 e. The van der Waals surface area contributed by atoms with Crippen LogP contribution in [0.25, 0.3) is 11.4 Å². The van der Waals surface area contributed by atoms with E-state index in [1.165, 1.54) is 32.1 Å². The summed E-state index contributed by atoms with van der Waals surface area (Å²) in [6.07, 6.45) is 7.68. The lowest BCUT2D eigenvalue weighted by Crippen LogP contribution is -2.29. The van der Waals surface area contributed by atoms with E-state index in [2.05, 4.69) is 15.5 Å². The number of nitrogens with zero attached hydrogens (tertiary/aromatic N) is 2. The molecule has 1 aromatic heterocycles. The molecule has 6 nitrogen and oxygen atoms in total. The summed E-state index contributed by atoms with van der Waals surface area (Å²) in [5.74, 6) is 2.24. The molecule has 2 aromatic rings. The van der Waals surface area contributed by atoms with Crippen molar-refractivity contribution in [3.05, 3.63) is 29.0 Å². The van der Waals surface area contributed by atoms with Crippen LogP contribution in [0.2, 0.25) is 0 Å². The van der Waals surface area contributed by atoms with Crippen molar-refractivity contribution in [2.75, 3.05) is 13.7 Å². The zero-order valence-electron chi connectivity index (χ0n) is 15.2.